The van der Waals surface area contributed by atoms with Gasteiger partial charge < -0.3 is 5.32 Å². The molecule has 2 N–H and O–H groups in total. The summed E-state index contributed by atoms with van der Waals surface area (Å²) in [5.41, 5.74) is 3.42. The Morgan fingerprint density at radius 1 is 1.37 bits per heavy atom. The Balaban J connectivity index is 0.00000210. The van der Waals surface area contributed by atoms with Crippen LogP contribution in [-0.2, 0) is 16.4 Å². The molecule has 2 aromatic heterocycles. The zero-order valence-corrected chi connectivity index (χ0v) is 16.9. The minimum absolute atomic E-state index is 0. The predicted octanol–water partition coefficient (Wildman–Crippen LogP) is 2.28. The molecule has 0 aliphatic carbocycles. The van der Waals surface area contributed by atoms with Gasteiger partial charge in [0.1, 0.15) is 9.92 Å². The van der Waals surface area contributed by atoms with E-state index in [1.165, 1.54) is 22.5 Å². The monoisotopic (exact) mass is 427 g/mol. The molecule has 1 unspecified atom stereocenters. The molecular formula is C17H19Cl2N5O2S. The third-order valence-corrected chi connectivity index (χ3v) is 6.38. The van der Waals surface area contributed by atoms with Gasteiger partial charge in [-0.25, -0.2) is 22.6 Å². The molecule has 3 aromatic rings. The molecule has 7 nitrogen and oxygen atoms in total. The fourth-order valence-corrected chi connectivity index (χ4v) is 4.35. The van der Waals surface area contributed by atoms with Gasteiger partial charge in [-0.15, -0.1) is 12.4 Å². The summed E-state index contributed by atoms with van der Waals surface area (Å²) in [7, 11) is -3.71. The molecule has 144 valence electrons. The molecule has 4 rings (SSSR count). The van der Waals surface area contributed by atoms with Crippen molar-refractivity contribution in [1.82, 2.24) is 24.6 Å². The van der Waals surface area contributed by atoms with Crippen LogP contribution in [0.1, 0.15) is 22.9 Å². The summed E-state index contributed by atoms with van der Waals surface area (Å²) in [5, 5.41) is 7.97. The lowest BCUT2D eigenvalue weighted by atomic mass is 9.95. The topological polar surface area (TPSA) is 88.4 Å². The Morgan fingerprint density at radius 3 is 2.96 bits per heavy atom. The minimum atomic E-state index is -3.71. The molecule has 27 heavy (non-hydrogen) atoms. The van der Waals surface area contributed by atoms with Crippen molar-refractivity contribution in [3.05, 3.63) is 58.5 Å². The van der Waals surface area contributed by atoms with E-state index in [4.69, 9.17) is 11.6 Å². The number of hydrogen-bond donors (Lipinski definition) is 2. The largest absolute Gasteiger partial charge is 0.308 e. The summed E-state index contributed by atoms with van der Waals surface area (Å²) in [5.74, 6) is 0. The molecule has 0 amide bonds. The van der Waals surface area contributed by atoms with Crippen molar-refractivity contribution < 1.29 is 8.42 Å². The SMILES string of the molecule is Cc1nn2cc(S(=O)(=O)NCC3NCCc4ccccc43)cnc2c1Cl.Cl. The van der Waals surface area contributed by atoms with Crippen molar-refractivity contribution in [1.29, 1.82) is 0 Å². The van der Waals surface area contributed by atoms with Crippen molar-refractivity contribution in [3.8, 4) is 0 Å². The van der Waals surface area contributed by atoms with Crippen molar-refractivity contribution in [3.63, 3.8) is 0 Å². The van der Waals surface area contributed by atoms with Crippen LogP contribution in [0.15, 0.2) is 41.6 Å². The highest BCUT2D eigenvalue weighted by Gasteiger charge is 2.23. The maximum Gasteiger partial charge on any atom is 0.243 e. The highest BCUT2D eigenvalue weighted by atomic mass is 35.5. The molecule has 1 atom stereocenters. The van der Waals surface area contributed by atoms with Gasteiger partial charge in [0.05, 0.1) is 18.1 Å². The van der Waals surface area contributed by atoms with Crippen LogP contribution in [0.3, 0.4) is 0 Å². The van der Waals surface area contributed by atoms with E-state index in [1.54, 1.807) is 6.92 Å². The average molecular weight is 428 g/mol. The maximum absolute atomic E-state index is 12.7. The van der Waals surface area contributed by atoms with Crippen LogP contribution in [0.5, 0.6) is 0 Å². The molecule has 0 spiro atoms. The van der Waals surface area contributed by atoms with E-state index in [0.717, 1.165) is 18.5 Å². The van der Waals surface area contributed by atoms with Gasteiger partial charge in [-0.3, -0.25) is 0 Å². The minimum Gasteiger partial charge on any atom is -0.308 e. The first-order valence-electron chi connectivity index (χ1n) is 8.27. The predicted molar refractivity (Wildman–Crippen MR) is 106 cm³/mol. The number of sulfonamides is 1. The molecule has 1 aromatic carbocycles. The van der Waals surface area contributed by atoms with Crippen LogP contribution in [-0.4, -0.2) is 36.1 Å². The van der Waals surface area contributed by atoms with E-state index in [2.05, 4.69) is 26.2 Å². The lowest BCUT2D eigenvalue weighted by molar-refractivity contribution is 0.491. The second-order valence-electron chi connectivity index (χ2n) is 6.26. The zero-order chi connectivity index (χ0) is 18.3. The van der Waals surface area contributed by atoms with E-state index >= 15 is 0 Å². The number of rotatable bonds is 4. The highest BCUT2D eigenvalue weighted by Crippen LogP contribution is 2.23. The van der Waals surface area contributed by atoms with E-state index in [-0.39, 0.29) is 29.9 Å². The molecule has 3 heterocycles. The third-order valence-electron chi connectivity index (χ3n) is 4.56. The standard InChI is InChI=1S/C17H18ClN5O2S.ClH/c1-11-16(18)17-20-8-13(10-23(17)22-11)26(24,25)21-9-15-14-5-3-2-4-12(14)6-7-19-15;/h2-5,8,10,15,19,21H,6-7,9H2,1H3;1H. The quantitative estimate of drug-likeness (QED) is 0.666. The van der Waals surface area contributed by atoms with E-state index in [1.807, 2.05) is 18.2 Å². The Morgan fingerprint density at radius 2 is 2.15 bits per heavy atom. The van der Waals surface area contributed by atoms with Gasteiger partial charge >= 0.3 is 0 Å². The lowest BCUT2D eigenvalue weighted by Crippen LogP contribution is -2.38. The van der Waals surface area contributed by atoms with Gasteiger partial charge in [0.15, 0.2) is 5.65 Å². The number of aromatic nitrogens is 3. The highest BCUT2D eigenvalue weighted by molar-refractivity contribution is 7.89. The van der Waals surface area contributed by atoms with Gasteiger partial charge in [-0.1, -0.05) is 35.9 Å². The molecule has 0 fully saturated rings. The first-order chi connectivity index (χ1) is 12.5. The summed E-state index contributed by atoms with van der Waals surface area (Å²) >= 11 is 6.10. The zero-order valence-electron chi connectivity index (χ0n) is 14.5. The Hall–Kier alpha value is -1.71. The van der Waals surface area contributed by atoms with Gasteiger partial charge in [-0.2, -0.15) is 5.10 Å². The molecular weight excluding hydrogens is 409 g/mol. The molecule has 10 heteroatoms. The molecule has 0 saturated carbocycles. The summed E-state index contributed by atoms with van der Waals surface area (Å²) in [6.45, 7) is 2.83. The van der Waals surface area contributed by atoms with Crippen LogP contribution in [0.25, 0.3) is 5.65 Å². The van der Waals surface area contributed by atoms with E-state index < -0.39 is 10.0 Å². The first kappa shape index (κ1) is 20.0. The Bertz CT molecular complexity index is 1080. The van der Waals surface area contributed by atoms with Crippen LogP contribution in [0.2, 0.25) is 5.02 Å². The number of hydrogen-bond acceptors (Lipinski definition) is 5. The molecule has 1 aliphatic rings. The van der Waals surface area contributed by atoms with Gasteiger partial charge in [-0.05, 0) is 31.0 Å². The van der Waals surface area contributed by atoms with Crippen LogP contribution in [0, 0.1) is 6.92 Å². The van der Waals surface area contributed by atoms with Crippen molar-refractivity contribution in [2.24, 2.45) is 0 Å². The molecule has 1 aliphatic heterocycles. The third kappa shape index (κ3) is 3.81. The fourth-order valence-electron chi connectivity index (χ4n) is 3.19. The molecule has 0 bridgehead atoms. The maximum atomic E-state index is 12.7. The summed E-state index contributed by atoms with van der Waals surface area (Å²) in [6, 6.07) is 8.02. The summed E-state index contributed by atoms with van der Waals surface area (Å²) in [4.78, 5) is 4.18. The molecule has 0 saturated heterocycles. The Kier molecular flexibility index (Phi) is 5.73. The first-order valence-corrected chi connectivity index (χ1v) is 10.1. The number of nitrogens with one attached hydrogen (secondary N) is 2. The van der Waals surface area contributed by atoms with Crippen LogP contribution in [0.4, 0.5) is 0 Å². The number of fused-ring (bicyclic) bond motifs is 2. The lowest BCUT2D eigenvalue weighted by Gasteiger charge is -2.27. The van der Waals surface area contributed by atoms with Crippen LogP contribution >= 0.6 is 24.0 Å². The van der Waals surface area contributed by atoms with Gasteiger partial charge in [0.2, 0.25) is 10.0 Å². The Labute approximate surface area is 168 Å². The smallest absolute Gasteiger partial charge is 0.243 e. The number of halogens is 2. The van der Waals surface area contributed by atoms with Gasteiger partial charge in [0.25, 0.3) is 0 Å². The van der Waals surface area contributed by atoms with Crippen LogP contribution < -0.4 is 10.0 Å². The van der Waals surface area contributed by atoms with Gasteiger partial charge in [0, 0.05) is 12.6 Å². The number of nitrogens with zero attached hydrogens (tertiary/aromatic N) is 3. The second kappa shape index (κ2) is 7.73. The normalized spacial score (nSPS) is 16.7. The average Bonchev–Trinajstić information content (AvgIpc) is 2.93. The number of benzene rings is 1. The van der Waals surface area contributed by atoms with Crippen molar-refractivity contribution >= 4 is 39.7 Å². The van der Waals surface area contributed by atoms with E-state index in [0.29, 0.717) is 16.4 Å². The van der Waals surface area contributed by atoms with Crippen molar-refractivity contribution in [2.75, 3.05) is 13.1 Å². The van der Waals surface area contributed by atoms with Crippen molar-refractivity contribution in [2.45, 2.75) is 24.3 Å². The summed E-state index contributed by atoms with van der Waals surface area (Å²) < 4.78 is 29.4. The second-order valence-corrected chi connectivity index (χ2v) is 8.41. The summed E-state index contributed by atoms with van der Waals surface area (Å²) in [6.07, 6.45) is 3.66. The molecule has 0 radical (unpaired) electrons. The van der Waals surface area contributed by atoms with E-state index in [9.17, 15) is 8.42 Å². The fraction of sp³-hybridized carbons (Fsp3) is 0.294. The number of aryl methyl sites for hydroxylation is 1.